The number of alkyl halides is 3. The minimum atomic E-state index is -4.44. The lowest BCUT2D eigenvalue weighted by molar-refractivity contribution is -0.137. The normalized spacial score (nSPS) is 11.2. The number of carbonyl (C=O) groups is 1. The van der Waals surface area contributed by atoms with Gasteiger partial charge in [0, 0.05) is 17.8 Å². The van der Waals surface area contributed by atoms with E-state index in [0.717, 1.165) is 17.7 Å². The minimum Gasteiger partial charge on any atom is -0.326 e. The van der Waals surface area contributed by atoms with Crippen molar-refractivity contribution in [1.82, 2.24) is 0 Å². The predicted molar refractivity (Wildman–Crippen MR) is 73.7 cm³/mol. The molecule has 0 aliphatic carbocycles. The van der Waals surface area contributed by atoms with Crippen molar-refractivity contribution in [3.63, 3.8) is 0 Å². The van der Waals surface area contributed by atoms with E-state index in [-0.39, 0.29) is 12.2 Å². The fourth-order valence-electron chi connectivity index (χ4n) is 1.82. The molecular formula is C15H13F3N2O. The molecule has 3 nitrogen and oxygen atoms in total. The third-order valence-electron chi connectivity index (χ3n) is 2.87. The number of halogens is 3. The quantitative estimate of drug-likeness (QED) is 0.911. The average Bonchev–Trinajstić information content (AvgIpc) is 2.46. The van der Waals surface area contributed by atoms with E-state index in [0.29, 0.717) is 5.56 Å². The third kappa shape index (κ3) is 3.82. The van der Waals surface area contributed by atoms with Gasteiger partial charge in [-0.25, -0.2) is 0 Å². The molecule has 0 heterocycles. The number of nitrogens with two attached hydrogens (primary N) is 1. The molecule has 0 saturated heterocycles. The Balaban J connectivity index is 2.19. The smallest absolute Gasteiger partial charge is 0.326 e. The van der Waals surface area contributed by atoms with Gasteiger partial charge in [0.2, 0.25) is 0 Å². The zero-order chi connectivity index (χ0) is 15.5. The van der Waals surface area contributed by atoms with Crippen LogP contribution in [0.15, 0.2) is 48.5 Å². The second-order valence-corrected chi connectivity index (χ2v) is 4.44. The van der Waals surface area contributed by atoms with Crippen molar-refractivity contribution < 1.29 is 18.0 Å². The first-order valence-corrected chi connectivity index (χ1v) is 6.18. The van der Waals surface area contributed by atoms with E-state index in [1.165, 1.54) is 12.1 Å². The highest BCUT2D eigenvalue weighted by molar-refractivity contribution is 6.04. The summed E-state index contributed by atoms with van der Waals surface area (Å²) in [6.45, 7) is 0.282. The Hall–Kier alpha value is -2.34. The van der Waals surface area contributed by atoms with Crippen LogP contribution in [0.5, 0.6) is 0 Å². The van der Waals surface area contributed by atoms with Crippen molar-refractivity contribution in [2.24, 2.45) is 5.73 Å². The van der Waals surface area contributed by atoms with Crippen LogP contribution in [0.4, 0.5) is 18.9 Å². The van der Waals surface area contributed by atoms with Crippen LogP contribution < -0.4 is 11.1 Å². The first-order valence-electron chi connectivity index (χ1n) is 6.18. The average molecular weight is 294 g/mol. The van der Waals surface area contributed by atoms with Gasteiger partial charge < -0.3 is 11.1 Å². The Labute approximate surface area is 119 Å². The van der Waals surface area contributed by atoms with Gasteiger partial charge in [-0.15, -0.1) is 0 Å². The van der Waals surface area contributed by atoms with Gasteiger partial charge in [-0.1, -0.05) is 18.2 Å². The van der Waals surface area contributed by atoms with Gasteiger partial charge in [-0.2, -0.15) is 13.2 Å². The summed E-state index contributed by atoms with van der Waals surface area (Å²) >= 11 is 0. The van der Waals surface area contributed by atoms with Crippen molar-refractivity contribution in [3.05, 3.63) is 65.2 Å². The van der Waals surface area contributed by atoms with Gasteiger partial charge in [0.15, 0.2) is 0 Å². The first-order chi connectivity index (χ1) is 9.90. The van der Waals surface area contributed by atoms with Crippen LogP contribution in [0.2, 0.25) is 0 Å². The highest BCUT2D eigenvalue weighted by Gasteiger charge is 2.30. The summed E-state index contributed by atoms with van der Waals surface area (Å²) in [5.74, 6) is -0.482. The number of hydrogen-bond donors (Lipinski definition) is 2. The van der Waals surface area contributed by atoms with Crippen molar-refractivity contribution in [1.29, 1.82) is 0 Å². The molecule has 0 fully saturated rings. The maximum atomic E-state index is 12.6. The van der Waals surface area contributed by atoms with Crippen molar-refractivity contribution in [2.45, 2.75) is 12.7 Å². The van der Waals surface area contributed by atoms with Crippen molar-refractivity contribution in [3.8, 4) is 0 Å². The molecule has 110 valence electrons. The maximum Gasteiger partial charge on any atom is 0.416 e. The largest absolute Gasteiger partial charge is 0.416 e. The molecule has 0 aliphatic heterocycles. The van der Waals surface area contributed by atoms with Crippen LogP contribution in [-0.2, 0) is 12.7 Å². The number of benzene rings is 2. The number of rotatable bonds is 3. The monoisotopic (exact) mass is 294 g/mol. The highest BCUT2D eigenvalue weighted by atomic mass is 19.4. The molecule has 0 aromatic heterocycles. The SMILES string of the molecule is NCc1cccc(C(=O)Nc2cccc(C(F)(F)F)c2)c1. The molecule has 0 radical (unpaired) electrons. The van der Waals surface area contributed by atoms with Crippen molar-refractivity contribution in [2.75, 3.05) is 5.32 Å². The van der Waals surface area contributed by atoms with Crippen LogP contribution in [0.3, 0.4) is 0 Å². The lowest BCUT2D eigenvalue weighted by Crippen LogP contribution is -2.13. The molecule has 0 saturated carbocycles. The summed E-state index contributed by atoms with van der Waals surface area (Å²) in [6.07, 6.45) is -4.44. The molecule has 2 rings (SSSR count). The number of amides is 1. The van der Waals surface area contributed by atoms with E-state index in [1.807, 2.05) is 0 Å². The van der Waals surface area contributed by atoms with Crippen LogP contribution >= 0.6 is 0 Å². The molecule has 0 atom stereocenters. The molecule has 0 bridgehead atoms. The summed E-state index contributed by atoms with van der Waals surface area (Å²) in [7, 11) is 0. The Morgan fingerprint density at radius 3 is 2.48 bits per heavy atom. The fourth-order valence-corrected chi connectivity index (χ4v) is 1.82. The van der Waals surface area contributed by atoms with Crippen LogP contribution in [0.1, 0.15) is 21.5 Å². The second-order valence-electron chi connectivity index (χ2n) is 4.44. The summed E-state index contributed by atoms with van der Waals surface area (Å²) in [5.41, 5.74) is 5.88. The third-order valence-corrected chi connectivity index (χ3v) is 2.87. The van der Waals surface area contributed by atoms with Gasteiger partial charge in [0.25, 0.3) is 5.91 Å². The van der Waals surface area contributed by atoms with Crippen LogP contribution in [-0.4, -0.2) is 5.91 Å². The second kappa shape index (κ2) is 5.97. The molecule has 0 aliphatic rings. The Kier molecular flexibility index (Phi) is 4.28. The molecule has 2 aromatic rings. The Morgan fingerprint density at radius 1 is 1.10 bits per heavy atom. The maximum absolute atomic E-state index is 12.6. The number of carbonyl (C=O) groups excluding carboxylic acids is 1. The van der Waals surface area contributed by atoms with Gasteiger partial charge in [-0.3, -0.25) is 4.79 Å². The van der Waals surface area contributed by atoms with E-state index in [4.69, 9.17) is 5.73 Å². The van der Waals surface area contributed by atoms with Gasteiger partial charge in [-0.05, 0) is 35.9 Å². The number of nitrogens with one attached hydrogen (secondary N) is 1. The molecule has 1 amide bonds. The van der Waals surface area contributed by atoms with Gasteiger partial charge in [0.1, 0.15) is 0 Å². The van der Waals surface area contributed by atoms with Gasteiger partial charge in [0.05, 0.1) is 5.56 Å². The Bertz CT molecular complexity index is 653. The Morgan fingerprint density at radius 2 is 1.81 bits per heavy atom. The van der Waals surface area contributed by atoms with E-state index >= 15 is 0 Å². The molecule has 3 N–H and O–H groups in total. The van der Waals surface area contributed by atoms with Gasteiger partial charge >= 0.3 is 6.18 Å². The lowest BCUT2D eigenvalue weighted by Gasteiger charge is -2.10. The fraction of sp³-hybridized carbons (Fsp3) is 0.133. The van der Waals surface area contributed by atoms with Crippen LogP contribution in [0, 0.1) is 0 Å². The zero-order valence-electron chi connectivity index (χ0n) is 10.9. The lowest BCUT2D eigenvalue weighted by atomic mass is 10.1. The van der Waals surface area contributed by atoms with E-state index in [1.54, 1.807) is 24.3 Å². The summed E-state index contributed by atoms with van der Waals surface area (Å²) in [4.78, 5) is 12.0. The van der Waals surface area contributed by atoms with E-state index < -0.39 is 17.6 Å². The predicted octanol–water partition coefficient (Wildman–Crippen LogP) is 3.42. The number of hydrogen-bond acceptors (Lipinski definition) is 2. The highest BCUT2D eigenvalue weighted by Crippen LogP contribution is 2.30. The molecule has 21 heavy (non-hydrogen) atoms. The standard InChI is InChI=1S/C15H13F3N2O/c16-15(17,18)12-5-2-6-13(8-12)20-14(21)11-4-1-3-10(7-11)9-19/h1-8H,9,19H2,(H,20,21). The van der Waals surface area contributed by atoms with Crippen molar-refractivity contribution >= 4 is 11.6 Å². The number of anilines is 1. The van der Waals surface area contributed by atoms with E-state index in [9.17, 15) is 18.0 Å². The topological polar surface area (TPSA) is 55.1 Å². The van der Waals surface area contributed by atoms with E-state index in [2.05, 4.69) is 5.32 Å². The first kappa shape index (κ1) is 15.1. The minimum absolute atomic E-state index is 0.0907. The summed E-state index contributed by atoms with van der Waals surface area (Å²) in [6, 6.07) is 11.1. The molecule has 0 spiro atoms. The summed E-state index contributed by atoms with van der Waals surface area (Å²) < 4.78 is 37.8. The molecule has 0 unspecified atom stereocenters. The molecular weight excluding hydrogens is 281 g/mol. The summed E-state index contributed by atoms with van der Waals surface area (Å²) in [5, 5.41) is 2.44. The molecule has 2 aromatic carbocycles. The molecule has 6 heteroatoms. The zero-order valence-corrected chi connectivity index (χ0v) is 10.9. The van der Waals surface area contributed by atoms with Crippen LogP contribution in [0.25, 0.3) is 0 Å².